The van der Waals surface area contributed by atoms with Gasteiger partial charge in [-0.3, -0.25) is 4.90 Å². The van der Waals surface area contributed by atoms with Crippen molar-refractivity contribution in [3.05, 3.63) is 42.2 Å². The van der Waals surface area contributed by atoms with Gasteiger partial charge in [0.25, 0.3) is 0 Å². The first-order chi connectivity index (χ1) is 11.3. The highest BCUT2D eigenvalue weighted by molar-refractivity contribution is 5.56. The van der Waals surface area contributed by atoms with Crippen molar-refractivity contribution in [3.63, 3.8) is 0 Å². The fourth-order valence-electron chi connectivity index (χ4n) is 2.43. The number of rotatable bonds is 5. The molecule has 0 aliphatic carbocycles. The SMILES string of the molecule is CN1CCOCC1COc1ccc(-c2nccc(CO)n2)cc1. The minimum absolute atomic E-state index is 0.0896. The van der Waals surface area contributed by atoms with Crippen molar-refractivity contribution in [2.45, 2.75) is 12.6 Å². The van der Waals surface area contributed by atoms with Gasteiger partial charge in [-0.05, 0) is 37.4 Å². The van der Waals surface area contributed by atoms with E-state index in [4.69, 9.17) is 14.6 Å². The molecular formula is C17H21N3O3. The van der Waals surface area contributed by atoms with E-state index in [-0.39, 0.29) is 12.6 Å². The number of benzene rings is 1. The van der Waals surface area contributed by atoms with E-state index in [1.165, 1.54) is 0 Å². The van der Waals surface area contributed by atoms with Crippen molar-refractivity contribution >= 4 is 0 Å². The summed E-state index contributed by atoms with van der Waals surface area (Å²) in [5.41, 5.74) is 1.50. The average Bonchev–Trinajstić information content (AvgIpc) is 2.61. The molecule has 2 heterocycles. The number of nitrogens with zero attached hydrogens (tertiary/aromatic N) is 3. The molecule has 1 saturated heterocycles. The van der Waals surface area contributed by atoms with Crippen LogP contribution in [0, 0.1) is 0 Å². The maximum atomic E-state index is 9.14. The first-order valence-electron chi connectivity index (χ1n) is 7.70. The highest BCUT2D eigenvalue weighted by atomic mass is 16.5. The second-order valence-corrected chi connectivity index (χ2v) is 5.57. The van der Waals surface area contributed by atoms with E-state index in [0.29, 0.717) is 24.7 Å². The number of morpholine rings is 1. The van der Waals surface area contributed by atoms with Crippen LogP contribution in [0.15, 0.2) is 36.5 Å². The number of aromatic nitrogens is 2. The van der Waals surface area contributed by atoms with Crippen molar-refractivity contribution in [1.82, 2.24) is 14.9 Å². The summed E-state index contributed by atoms with van der Waals surface area (Å²) in [5, 5.41) is 9.14. The lowest BCUT2D eigenvalue weighted by Crippen LogP contribution is -2.46. The third-order valence-corrected chi connectivity index (χ3v) is 3.95. The molecule has 6 heteroatoms. The first kappa shape index (κ1) is 15.9. The summed E-state index contributed by atoms with van der Waals surface area (Å²) in [5.74, 6) is 1.41. The summed E-state index contributed by atoms with van der Waals surface area (Å²) in [6, 6.07) is 9.65. The predicted molar refractivity (Wildman–Crippen MR) is 86.1 cm³/mol. The molecule has 0 radical (unpaired) electrons. The second kappa shape index (κ2) is 7.50. The van der Waals surface area contributed by atoms with Gasteiger partial charge in [0, 0.05) is 18.3 Å². The maximum Gasteiger partial charge on any atom is 0.159 e. The quantitative estimate of drug-likeness (QED) is 0.898. The van der Waals surface area contributed by atoms with Gasteiger partial charge in [0.15, 0.2) is 5.82 Å². The normalized spacial score (nSPS) is 18.8. The summed E-state index contributed by atoms with van der Waals surface area (Å²) in [4.78, 5) is 10.8. The van der Waals surface area contributed by atoms with Gasteiger partial charge < -0.3 is 14.6 Å². The molecule has 122 valence electrons. The Kier molecular flexibility index (Phi) is 5.17. The van der Waals surface area contributed by atoms with E-state index >= 15 is 0 Å². The summed E-state index contributed by atoms with van der Waals surface area (Å²) >= 11 is 0. The second-order valence-electron chi connectivity index (χ2n) is 5.57. The molecule has 0 saturated carbocycles. The molecule has 1 aliphatic rings. The number of likely N-dealkylation sites (N-methyl/N-ethyl adjacent to an activating group) is 1. The molecule has 1 aromatic carbocycles. The molecule has 2 aromatic rings. The number of aliphatic hydroxyl groups is 1. The summed E-state index contributed by atoms with van der Waals surface area (Å²) in [6.07, 6.45) is 1.65. The van der Waals surface area contributed by atoms with Gasteiger partial charge in [-0.15, -0.1) is 0 Å². The van der Waals surface area contributed by atoms with Gasteiger partial charge >= 0.3 is 0 Å². The maximum absolute atomic E-state index is 9.14. The van der Waals surface area contributed by atoms with Crippen LogP contribution >= 0.6 is 0 Å². The van der Waals surface area contributed by atoms with Crippen LogP contribution in [0.25, 0.3) is 11.4 Å². The molecule has 1 atom stereocenters. The number of hydrogen-bond donors (Lipinski definition) is 1. The van der Waals surface area contributed by atoms with Crippen molar-refractivity contribution < 1.29 is 14.6 Å². The molecule has 6 nitrogen and oxygen atoms in total. The zero-order valence-electron chi connectivity index (χ0n) is 13.2. The molecule has 1 aromatic heterocycles. The van der Waals surface area contributed by atoms with Crippen molar-refractivity contribution in [3.8, 4) is 17.1 Å². The van der Waals surface area contributed by atoms with Gasteiger partial charge in [-0.1, -0.05) is 0 Å². The molecule has 0 bridgehead atoms. The third-order valence-electron chi connectivity index (χ3n) is 3.95. The highest BCUT2D eigenvalue weighted by Crippen LogP contribution is 2.20. The molecule has 1 fully saturated rings. The lowest BCUT2D eigenvalue weighted by atomic mass is 10.2. The van der Waals surface area contributed by atoms with Gasteiger partial charge in [0.1, 0.15) is 12.4 Å². The van der Waals surface area contributed by atoms with Crippen LogP contribution in [0.5, 0.6) is 5.75 Å². The average molecular weight is 315 g/mol. The van der Waals surface area contributed by atoms with E-state index in [1.54, 1.807) is 12.3 Å². The zero-order valence-corrected chi connectivity index (χ0v) is 13.2. The van der Waals surface area contributed by atoms with E-state index in [9.17, 15) is 0 Å². The van der Waals surface area contributed by atoms with Crippen LogP contribution in [0.2, 0.25) is 0 Å². The standard InChI is InChI=1S/C17H21N3O3/c1-20-8-9-22-11-15(20)12-23-16-4-2-13(3-5-16)17-18-7-6-14(10-21)19-17/h2-7,15,21H,8-12H2,1H3. The van der Waals surface area contributed by atoms with Crippen molar-refractivity contribution in [2.75, 3.05) is 33.4 Å². The highest BCUT2D eigenvalue weighted by Gasteiger charge is 2.19. The fraction of sp³-hybridized carbons (Fsp3) is 0.412. The molecule has 0 spiro atoms. The molecular weight excluding hydrogens is 294 g/mol. The molecule has 3 rings (SSSR count). The van der Waals surface area contributed by atoms with Crippen LogP contribution in [0.4, 0.5) is 0 Å². The molecule has 1 aliphatic heterocycles. The van der Waals surface area contributed by atoms with Crippen molar-refractivity contribution in [2.24, 2.45) is 0 Å². The third kappa shape index (κ3) is 4.04. The minimum Gasteiger partial charge on any atom is -0.492 e. The Balaban J connectivity index is 1.62. The monoisotopic (exact) mass is 315 g/mol. The smallest absolute Gasteiger partial charge is 0.159 e. The Morgan fingerprint density at radius 1 is 1.30 bits per heavy atom. The minimum atomic E-state index is -0.0896. The van der Waals surface area contributed by atoms with E-state index in [0.717, 1.165) is 24.5 Å². The summed E-state index contributed by atoms with van der Waals surface area (Å²) in [7, 11) is 2.09. The zero-order chi connectivity index (χ0) is 16.1. The Morgan fingerprint density at radius 3 is 2.87 bits per heavy atom. The fourth-order valence-corrected chi connectivity index (χ4v) is 2.43. The van der Waals surface area contributed by atoms with Crippen LogP contribution < -0.4 is 4.74 Å². The van der Waals surface area contributed by atoms with Gasteiger partial charge in [0.05, 0.1) is 31.6 Å². The predicted octanol–water partition coefficient (Wildman–Crippen LogP) is 1.35. The summed E-state index contributed by atoms with van der Waals surface area (Å²) in [6.45, 7) is 2.94. The topological polar surface area (TPSA) is 67.7 Å². The largest absolute Gasteiger partial charge is 0.492 e. The number of aliphatic hydroxyl groups excluding tert-OH is 1. The summed E-state index contributed by atoms with van der Waals surface area (Å²) < 4.78 is 11.3. The van der Waals surface area contributed by atoms with E-state index in [2.05, 4.69) is 21.9 Å². The number of hydrogen-bond acceptors (Lipinski definition) is 6. The molecule has 1 unspecified atom stereocenters. The first-order valence-corrected chi connectivity index (χ1v) is 7.70. The van der Waals surface area contributed by atoms with E-state index < -0.39 is 0 Å². The lowest BCUT2D eigenvalue weighted by molar-refractivity contribution is -0.0108. The molecule has 0 amide bonds. The Bertz CT molecular complexity index is 633. The molecule has 1 N–H and O–H groups in total. The molecule has 23 heavy (non-hydrogen) atoms. The van der Waals surface area contributed by atoms with Crippen LogP contribution in [-0.4, -0.2) is 59.4 Å². The lowest BCUT2D eigenvalue weighted by Gasteiger charge is -2.32. The van der Waals surface area contributed by atoms with Crippen molar-refractivity contribution in [1.29, 1.82) is 0 Å². The Morgan fingerprint density at radius 2 is 2.13 bits per heavy atom. The Hall–Kier alpha value is -2.02. The van der Waals surface area contributed by atoms with Gasteiger partial charge in [-0.2, -0.15) is 0 Å². The Labute approximate surface area is 135 Å². The van der Waals surface area contributed by atoms with Crippen LogP contribution in [0.1, 0.15) is 5.69 Å². The van der Waals surface area contributed by atoms with Gasteiger partial charge in [-0.25, -0.2) is 9.97 Å². The van der Waals surface area contributed by atoms with Crippen LogP contribution in [0.3, 0.4) is 0 Å². The van der Waals surface area contributed by atoms with E-state index in [1.807, 2.05) is 24.3 Å². The van der Waals surface area contributed by atoms with Gasteiger partial charge in [0.2, 0.25) is 0 Å². The van der Waals surface area contributed by atoms with Crippen LogP contribution in [-0.2, 0) is 11.3 Å². The number of ether oxygens (including phenoxy) is 2.